The quantitative estimate of drug-likeness (QED) is 0.770. The van der Waals surface area contributed by atoms with Crippen LogP contribution in [0.1, 0.15) is 46.5 Å². The van der Waals surface area contributed by atoms with Gasteiger partial charge in [0.25, 0.3) is 0 Å². The number of nitrogens with one attached hydrogen (secondary N) is 1. The van der Waals surface area contributed by atoms with E-state index in [1.54, 1.807) is 0 Å². The van der Waals surface area contributed by atoms with Gasteiger partial charge in [0.05, 0.1) is 11.5 Å². The third-order valence-corrected chi connectivity index (χ3v) is 2.95. The van der Waals surface area contributed by atoms with E-state index in [-0.39, 0.29) is 27.8 Å². The van der Waals surface area contributed by atoms with Crippen LogP contribution >= 0.6 is 0 Å². The van der Waals surface area contributed by atoms with Crippen LogP contribution in [-0.2, 0) is 9.59 Å². The number of carboxylic acids is 2. The molecule has 0 bridgehead atoms. The average molecular weight is 313 g/mol. The molecule has 0 saturated heterocycles. The molecule has 6 nitrogen and oxygen atoms in total. The maximum absolute atomic E-state index is 11.8. The van der Waals surface area contributed by atoms with E-state index in [0.717, 1.165) is 0 Å². The second-order valence-corrected chi connectivity index (χ2v) is 4.29. The number of amides is 1. The number of rotatable bonds is 5. The Morgan fingerprint density at radius 2 is 1.36 bits per heavy atom. The van der Waals surface area contributed by atoms with E-state index in [4.69, 9.17) is 10.2 Å². The molecule has 126 valence electrons. The molecule has 1 aromatic rings. The highest BCUT2D eigenvalue weighted by atomic mass is 16.4. The van der Waals surface area contributed by atoms with Crippen LogP contribution in [0.5, 0.6) is 0 Å². The highest BCUT2D eigenvalue weighted by Gasteiger charge is 2.25. The third-order valence-electron chi connectivity index (χ3n) is 2.95. The SMILES string of the molecule is C.C.C.CC(C(=O)O)C(C)C(=O)Nc1ccc(C(=O)O)cc1. The maximum atomic E-state index is 11.8. The molecule has 0 aliphatic heterocycles. The summed E-state index contributed by atoms with van der Waals surface area (Å²) in [7, 11) is 0. The zero-order valence-electron chi connectivity index (χ0n) is 10.6. The third kappa shape index (κ3) is 6.39. The first kappa shape index (κ1) is 24.6. The van der Waals surface area contributed by atoms with Gasteiger partial charge in [-0.15, -0.1) is 0 Å². The van der Waals surface area contributed by atoms with Crippen molar-refractivity contribution in [2.75, 3.05) is 5.32 Å². The van der Waals surface area contributed by atoms with Crippen LogP contribution in [0.25, 0.3) is 0 Å². The number of aromatic carboxylic acids is 1. The highest BCUT2D eigenvalue weighted by Crippen LogP contribution is 2.15. The van der Waals surface area contributed by atoms with Gasteiger partial charge in [0.2, 0.25) is 5.91 Å². The van der Waals surface area contributed by atoms with Crippen molar-refractivity contribution in [3.8, 4) is 0 Å². The normalized spacial score (nSPS) is 11.5. The summed E-state index contributed by atoms with van der Waals surface area (Å²) in [5.74, 6) is -3.98. The van der Waals surface area contributed by atoms with Crippen molar-refractivity contribution in [2.24, 2.45) is 11.8 Å². The Morgan fingerprint density at radius 3 is 1.73 bits per heavy atom. The number of carboxylic acid groups (broad SMARTS) is 2. The minimum atomic E-state index is -1.05. The van der Waals surface area contributed by atoms with E-state index in [0.29, 0.717) is 5.69 Å². The van der Waals surface area contributed by atoms with Gasteiger partial charge in [0, 0.05) is 11.6 Å². The predicted molar refractivity (Wildman–Crippen MR) is 88.2 cm³/mol. The summed E-state index contributed by atoms with van der Waals surface area (Å²) in [6, 6.07) is 5.64. The second kappa shape index (κ2) is 10.4. The standard InChI is InChI=1S/C13H15NO5.3CH4/c1-7(8(2)12(16)17)11(15)14-10-5-3-9(4-6-10)13(18)19;;;/h3-8H,1-2H3,(H,14,15)(H,16,17)(H,18,19);3*1H4. The molecule has 1 aromatic carbocycles. The van der Waals surface area contributed by atoms with Crippen LogP contribution in [-0.4, -0.2) is 28.1 Å². The number of anilines is 1. The molecule has 1 rings (SSSR count). The fraction of sp³-hybridized carbons (Fsp3) is 0.438. The Morgan fingerprint density at radius 1 is 0.909 bits per heavy atom. The molecule has 0 radical (unpaired) electrons. The second-order valence-electron chi connectivity index (χ2n) is 4.29. The lowest BCUT2D eigenvalue weighted by Gasteiger charge is -2.15. The molecular formula is C16H27NO5. The van der Waals surface area contributed by atoms with Crippen molar-refractivity contribution in [3.05, 3.63) is 29.8 Å². The molecule has 2 unspecified atom stereocenters. The lowest BCUT2D eigenvalue weighted by Crippen LogP contribution is -2.29. The fourth-order valence-electron chi connectivity index (χ4n) is 1.39. The van der Waals surface area contributed by atoms with Crippen molar-refractivity contribution in [3.63, 3.8) is 0 Å². The van der Waals surface area contributed by atoms with Crippen molar-refractivity contribution in [1.82, 2.24) is 0 Å². The van der Waals surface area contributed by atoms with Gasteiger partial charge in [0.15, 0.2) is 0 Å². The van der Waals surface area contributed by atoms with Crippen LogP contribution < -0.4 is 5.32 Å². The van der Waals surface area contributed by atoms with Crippen LogP contribution in [0, 0.1) is 11.8 Å². The number of benzene rings is 1. The van der Waals surface area contributed by atoms with Gasteiger partial charge < -0.3 is 15.5 Å². The first-order valence-electron chi connectivity index (χ1n) is 5.70. The summed E-state index contributed by atoms with van der Waals surface area (Å²) < 4.78 is 0. The Labute approximate surface area is 132 Å². The van der Waals surface area contributed by atoms with Crippen molar-refractivity contribution in [1.29, 1.82) is 0 Å². The van der Waals surface area contributed by atoms with Gasteiger partial charge in [-0.2, -0.15) is 0 Å². The number of carbonyl (C=O) groups excluding carboxylic acids is 1. The van der Waals surface area contributed by atoms with Gasteiger partial charge in [-0.05, 0) is 24.3 Å². The molecule has 2 atom stereocenters. The molecule has 0 aliphatic rings. The van der Waals surface area contributed by atoms with Crippen LogP contribution in [0.15, 0.2) is 24.3 Å². The van der Waals surface area contributed by atoms with E-state index in [1.807, 2.05) is 0 Å². The van der Waals surface area contributed by atoms with E-state index in [9.17, 15) is 14.4 Å². The molecule has 0 aliphatic carbocycles. The topological polar surface area (TPSA) is 104 Å². The van der Waals surface area contributed by atoms with E-state index in [1.165, 1.54) is 38.1 Å². The summed E-state index contributed by atoms with van der Waals surface area (Å²) >= 11 is 0. The Bertz CT molecular complexity index is 496. The van der Waals surface area contributed by atoms with Gasteiger partial charge in [0.1, 0.15) is 0 Å². The number of carbonyl (C=O) groups is 3. The van der Waals surface area contributed by atoms with Crippen molar-refractivity contribution >= 4 is 23.5 Å². The Kier molecular flexibility index (Phi) is 11.6. The molecule has 1 amide bonds. The zero-order valence-corrected chi connectivity index (χ0v) is 10.6. The minimum absolute atomic E-state index is 0. The summed E-state index contributed by atoms with van der Waals surface area (Å²) in [5.41, 5.74) is 0.546. The lowest BCUT2D eigenvalue weighted by atomic mass is 9.95. The van der Waals surface area contributed by atoms with E-state index < -0.39 is 29.7 Å². The number of hydrogen-bond acceptors (Lipinski definition) is 3. The Hall–Kier alpha value is -2.37. The molecule has 6 heteroatoms. The zero-order chi connectivity index (χ0) is 14.6. The van der Waals surface area contributed by atoms with E-state index >= 15 is 0 Å². The average Bonchev–Trinajstić information content (AvgIpc) is 2.37. The summed E-state index contributed by atoms with van der Waals surface area (Å²) in [6.45, 7) is 2.99. The molecule has 0 spiro atoms. The molecule has 0 saturated carbocycles. The van der Waals surface area contributed by atoms with Crippen molar-refractivity contribution in [2.45, 2.75) is 36.1 Å². The smallest absolute Gasteiger partial charge is 0.335 e. The summed E-state index contributed by atoms with van der Waals surface area (Å²) in [4.78, 5) is 33.2. The molecule has 0 heterocycles. The first-order valence-corrected chi connectivity index (χ1v) is 5.70. The minimum Gasteiger partial charge on any atom is -0.481 e. The van der Waals surface area contributed by atoms with Gasteiger partial charge in [-0.3, -0.25) is 9.59 Å². The summed E-state index contributed by atoms with van der Waals surface area (Å²) in [5, 5.41) is 20.1. The Balaban J connectivity index is -0.00000120. The van der Waals surface area contributed by atoms with Gasteiger partial charge >= 0.3 is 11.9 Å². The molecule has 0 fully saturated rings. The number of aliphatic carboxylic acids is 1. The lowest BCUT2D eigenvalue weighted by molar-refractivity contribution is -0.145. The molecule has 3 N–H and O–H groups in total. The van der Waals surface area contributed by atoms with Crippen LogP contribution in [0.4, 0.5) is 5.69 Å². The number of hydrogen-bond donors (Lipinski definition) is 3. The van der Waals surface area contributed by atoms with Gasteiger partial charge in [-0.25, -0.2) is 4.79 Å². The van der Waals surface area contributed by atoms with Crippen LogP contribution in [0.2, 0.25) is 0 Å². The van der Waals surface area contributed by atoms with Crippen LogP contribution in [0.3, 0.4) is 0 Å². The molecule has 22 heavy (non-hydrogen) atoms. The largest absolute Gasteiger partial charge is 0.481 e. The van der Waals surface area contributed by atoms with Crippen molar-refractivity contribution < 1.29 is 24.6 Å². The van der Waals surface area contributed by atoms with E-state index in [2.05, 4.69) is 5.32 Å². The molecular weight excluding hydrogens is 286 g/mol. The van der Waals surface area contributed by atoms with Gasteiger partial charge in [-0.1, -0.05) is 36.1 Å². The molecule has 0 aromatic heterocycles. The monoisotopic (exact) mass is 313 g/mol. The first-order chi connectivity index (χ1) is 8.82. The highest BCUT2D eigenvalue weighted by molar-refractivity contribution is 5.95. The maximum Gasteiger partial charge on any atom is 0.335 e. The summed E-state index contributed by atoms with van der Waals surface area (Å²) in [6.07, 6.45) is 0. The predicted octanol–water partition coefficient (Wildman–Crippen LogP) is 3.59. The fourth-order valence-corrected chi connectivity index (χ4v) is 1.39.